The van der Waals surface area contributed by atoms with Crippen LogP contribution in [0.2, 0.25) is 15.1 Å². The van der Waals surface area contributed by atoms with E-state index >= 15 is 0 Å². The molecule has 2 rings (SSSR count). The van der Waals surface area contributed by atoms with Crippen LogP contribution in [-0.2, 0) is 0 Å². The standard InChI is InChI=1S/C14H13Cl3F2N4O/c1-6(5-24-14-9(16)3-8(15)4-20-14)21-13-10(17)11(12(18)19)22-7(2)23-13/h3-4,6,12H,5H2,1-2H3,(H,21,22,23)/t6-/m0/s1. The van der Waals surface area contributed by atoms with Crippen molar-refractivity contribution >= 4 is 40.6 Å². The maximum atomic E-state index is 12.9. The average Bonchev–Trinajstić information content (AvgIpc) is 2.49. The van der Waals surface area contributed by atoms with Crippen LogP contribution in [0.1, 0.15) is 24.9 Å². The van der Waals surface area contributed by atoms with Crippen LogP contribution >= 0.6 is 34.8 Å². The number of aryl methyl sites for hydroxylation is 1. The Morgan fingerprint density at radius 3 is 2.58 bits per heavy atom. The van der Waals surface area contributed by atoms with Crippen LogP contribution in [0.15, 0.2) is 12.3 Å². The van der Waals surface area contributed by atoms with Crippen molar-refractivity contribution in [1.82, 2.24) is 15.0 Å². The highest BCUT2D eigenvalue weighted by atomic mass is 35.5. The summed E-state index contributed by atoms with van der Waals surface area (Å²) in [6.07, 6.45) is -1.39. The van der Waals surface area contributed by atoms with Crippen molar-refractivity contribution in [2.45, 2.75) is 26.3 Å². The number of nitrogens with zero attached hydrogens (tertiary/aromatic N) is 3. The second-order valence-corrected chi connectivity index (χ2v) is 6.14. The summed E-state index contributed by atoms with van der Waals surface area (Å²) >= 11 is 17.6. The third-order valence-electron chi connectivity index (χ3n) is 2.82. The Kier molecular flexibility index (Phi) is 6.37. The molecule has 0 spiro atoms. The second kappa shape index (κ2) is 8.09. The number of hydrogen-bond donors (Lipinski definition) is 1. The predicted octanol–water partition coefficient (Wildman–Crippen LogP) is 4.96. The van der Waals surface area contributed by atoms with Gasteiger partial charge in [0.05, 0.1) is 11.1 Å². The number of ether oxygens (including phenoxy) is 1. The lowest BCUT2D eigenvalue weighted by atomic mass is 10.3. The van der Waals surface area contributed by atoms with Crippen LogP contribution in [0, 0.1) is 6.92 Å². The molecule has 0 aliphatic carbocycles. The van der Waals surface area contributed by atoms with Crippen molar-refractivity contribution in [3.63, 3.8) is 0 Å². The van der Waals surface area contributed by atoms with Gasteiger partial charge in [-0.1, -0.05) is 34.8 Å². The Hall–Kier alpha value is -1.44. The Balaban J connectivity index is 2.06. The van der Waals surface area contributed by atoms with Gasteiger partial charge in [-0.05, 0) is 19.9 Å². The van der Waals surface area contributed by atoms with Gasteiger partial charge in [0.2, 0.25) is 5.88 Å². The maximum absolute atomic E-state index is 12.9. The highest BCUT2D eigenvalue weighted by molar-refractivity contribution is 6.35. The second-order valence-electron chi connectivity index (χ2n) is 4.92. The third kappa shape index (κ3) is 4.78. The lowest BCUT2D eigenvalue weighted by molar-refractivity contribution is 0.146. The molecule has 2 aromatic rings. The van der Waals surface area contributed by atoms with E-state index in [2.05, 4.69) is 20.3 Å². The van der Waals surface area contributed by atoms with E-state index in [9.17, 15) is 8.78 Å². The zero-order valence-electron chi connectivity index (χ0n) is 12.7. The summed E-state index contributed by atoms with van der Waals surface area (Å²) in [5.74, 6) is 0.520. The monoisotopic (exact) mass is 396 g/mol. The van der Waals surface area contributed by atoms with Gasteiger partial charge < -0.3 is 10.1 Å². The highest BCUT2D eigenvalue weighted by Gasteiger charge is 2.20. The third-order valence-corrected chi connectivity index (χ3v) is 3.67. The molecule has 2 aromatic heterocycles. The van der Waals surface area contributed by atoms with Crippen LogP contribution in [-0.4, -0.2) is 27.6 Å². The summed E-state index contributed by atoms with van der Waals surface area (Å²) in [5, 5.41) is 3.35. The van der Waals surface area contributed by atoms with E-state index in [1.54, 1.807) is 6.92 Å². The van der Waals surface area contributed by atoms with Crippen molar-refractivity contribution in [2.75, 3.05) is 11.9 Å². The van der Waals surface area contributed by atoms with E-state index in [0.29, 0.717) is 5.02 Å². The number of alkyl halides is 2. The summed E-state index contributed by atoms with van der Waals surface area (Å²) in [6.45, 7) is 3.42. The van der Waals surface area contributed by atoms with Gasteiger partial charge in [0.25, 0.3) is 6.43 Å². The number of halogens is 5. The minimum Gasteiger partial charge on any atom is -0.474 e. The Labute approximate surface area is 152 Å². The zero-order chi connectivity index (χ0) is 17.9. The minimum absolute atomic E-state index is 0.116. The molecule has 0 aliphatic heterocycles. The van der Waals surface area contributed by atoms with Crippen LogP contribution in [0.4, 0.5) is 14.6 Å². The van der Waals surface area contributed by atoms with Gasteiger partial charge in [-0.3, -0.25) is 0 Å². The fourth-order valence-electron chi connectivity index (χ4n) is 1.81. The van der Waals surface area contributed by atoms with E-state index in [1.165, 1.54) is 19.2 Å². The molecule has 10 heteroatoms. The molecule has 0 saturated heterocycles. The Morgan fingerprint density at radius 2 is 1.96 bits per heavy atom. The highest BCUT2D eigenvalue weighted by Crippen LogP contribution is 2.30. The summed E-state index contributed by atoms with van der Waals surface area (Å²) in [6, 6.07) is 1.19. The van der Waals surface area contributed by atoms with Crippen molar-refractivity contribution in [1.29, 1.82) is 0 Å². The number of anilines is 1. The average molecular weight is 398 g/mol. The molecule has 0 unspecified atom stereocenters. The molecule has 24 heavy (non-hydrogen) atoms. The minimum atomic E-state index is -2.79. The van der Waals surface area contributed by atoms with Gasteiger partial charge in [0.15, 0.2) is 0 Å². The first-order valence-corrected chi connectivity index (χ1v) is 7.94. The van der Waals surface area contributed by atoms with Crippen LogP contribution < -0.4 is 10.1 Å². The molecule has 0 aromatic carbocycles. The molecule has 130 valence electrons. The SMILES string of the molecule is Cc1nc(N[C@@H](C)COc2ncc(Cl)cc2Cl)c(Cl)c(C(F)F)n1. The summed E-state index contributed by atoms with van der Waals surface area (Å²) < 4.78 is 31.3. The molecule has 1 atom stereocenters. The largest absolute Gasteiger partial charge is 0.474 e. The molecule has 1 N–H and O–H groups in total. The zero-order valence-corrected chi connectivity index (χ0v) is 14.9. The first-order chi connectivity index (χ1) is 11.3. The predicted molar refractivity (Wildman–Crippen MR) is 89.6 cm³/mol. The van der Waals surface area contributed by atoms with Crippen LogP contribution in [0.3, 0.4) is 0 Å². The quantitative estimate of drug-likeness (QED) is 0.747. The van der Waals surface area contributed by atoms with Crippen LogP contribution in [0.25, 0.3) is 0 Å². The molecule has 0 amide bonds. The Bertz CT molecular complexity index is 733. The number of pyridine rings is 1. The molecule has 0 radical (unpaired) electrons. The smallest absolute Gasteiger partial charge is 0.282 e. The lowest BCUT2D eigenvalue weighted by Gasteiger charge is -2.17. The van der Waals surface area contributed by atoms with Gasteiger partial charge in [0.1, 0.15) is 34.0 Å². The number of hydrogen-bond acceptors (Lipinski definition) is 5. The molecule has 0 fully saturated rings. The Morgan fingerprint density at radius 1 is 1.25 bits per heavy atom. The maximum Gasteiger partial charge on any atom is 0.282 e. The first-order valence-electron chi connectivity index (χ1n) is 6.80. The molecule has 2 heterocycles. The van der Waals surface area contributed by atoms with E-state index in [-0.39, 0.29) is 40.2 Å². The van der Waals surface area contributed by atoms with Gasteiger partial charge in [-0.15, -0.1) is 0 Å². The van der Waals surface area contributed by atoms with Gasteiger partial charge in [0, 0.05) is 6.20 Å². The van der Waals surface area contributed by atoms with Crippen molar-refractivity contribution in [2.24, 2.45) is 0 Å². The van der Waals surface area contributed by atoms with E-state index in [4.69, 9.17) is 39.5 Å². The number of rotatable bonds is 6. The van der Waals surface area contributed by atoms with Crippen molar-refractivity contribution in [3.05, 3.63) is 38.8 Å². The van der Waals surface area contributed by atoms with E-state index in [0.717, 1.165) is 0 Å². The van der Waals surface area contributed by atoms with Crippen LogP contribution in [0.5, 0.6) is 5.88 Å². The summed E-state index contributed by atoms with van der Waals surface area (Å²) in [5.41, 5.74) is -0.512. The normalized spacial score (nSPS) is 12.3. The molecule has 5 nitrogen and oxygen atoms in total. The number of aromatic nitrogens is 3. The fourth-order valence-corrected chi connectivity index (χ4v) is 2.46. The first kappa shape index (κ1) is 18.9. The fraction of sp³-hybridized carbons (Fsp3) is 0.357. The van der Waals surface area contributed by atoms with E-state index < -0.39 is 12.1 Å². The molecule has 0 bridgehead atoms. The summed E-state index contributed by atoms with van der Waals surface area (Å²) in [4.78, 5) is 11.6. The van der Waals surface area contributed by atoms with Gasteiger partial charge in [-0.2, -0.15) is 0 Å². The molecular weight excluding hydrogens is 385 g/mol. The van der Waals surface area contributed by atoms with Crippen molar-refractivity contribution in [3.8, 4) is 5.88 Å². The summed E-state index contributed by atoms with van der Waals surface area (Å²) in [7, 11) is 0. The molecule has 0 saturated carbocycles. The number of nitrogens with one attached hydrogen (secondary N) is 1. The van der Waals surface area contributed by atoms with Crippen molar-refractivity contribution < 1.29 is 13.5 Å². The lowest BCUT2D eigenvalue weighted by Crippen LogP contribution is -2.25. The molecule has 0 aliphatic rings. The van der Waals surface area contributed by atoms with Gasteiger partial charge in [-0.25, -0.2) is 23.7 Å². The van der Waals surface area contributed by atoms with E-state index in [1.807, 2.05) is 0 Å². The van der Waals surface area contributed by atoms with Gasteiger partial charge >= 0.3 is 0 Å². The molecular formula is C14H13Cl3F2N4O. The topological polar surface area (TPSA) is 59.9 Å².